The lowest BCUT2D eigenvalue weighted by molar-refractivity contribution is -0.136. The first-order valence-electron chi connectivity index (χ1n) is 12.3. The zero-order chi connectivity index (χ0) is 28.5. The summed E-state index contributed by atoms with van der Waals surface area (Å²) in [6.45, 7) is 9.95. The molecule has 0 saturated heterocycles. The van der Waals surface area contributed by atoms with Crippen LogP contribution in [0, 0.1) is 13.8 Å². The predicted molar refractivity (Wildman–Crippen MR) is 161 cm³/mol. The molecule has 1 heterocycles. The summed E-state index contributed by atoms with van der Waals surface area (Å²) in [6.07, 6.45) is 1.90. The normalized spacial score (nSPS) is 12.3. The van der Waals surface area contributed by atoms with Crippen LogP contribution in [0.25, 0.3) is 22.3 Å². The maximum atomic E-state index is 11.9. The maximum Gasteiger partial charge on any atom is 0.307 e. The van der Waals surface area contributed by atoms with Crippen molar-refractivity contribution in [3.8, 4) is 28.0 Å². The van der Waals surface area contributed by atoms with Gasteiger partial charge in [0.05, 0.1) is 24.3 Å². The Morgan fingerprint density at radius 2 is 1.66 bits per heavy atom. The van der Waals surface area contributed by atoms with Crippen molar-refractivity contribution >= 4 is 40.9 Å². The van der Waals surface area contributed by atoms with E-state index in [-0.39, 0.29) is 12.2 Å². The average Bonchev–Trinajstić information content (AvgIpc) is 2.80. The van der Waals surface area contributed by atoms with Crippen LogP contribution in [-0.2, 0) is 17.8 Å². The lowest BCUT2D eigenvalue weighted by Gasteiger charge is -2.36. The van der Waals surface area contributed by atoms with E-state index in [9.17, 15) is 15.0 Å². The molecule has 3 aromatic rings. The molecular weight excluding hydrogens is 520 g/mol. The molecule has 0 unspecified atom stereocenters. The molecule has 0 aromatic heterocycles. The number of nitrogens with zero attached hydrogens (tertiary/aromatic N) is 2. The third-order valence-electron chi connectivity index (χ3n) is 6.31. The number of aliphatic carboxylic acids is 1. The van der Waals surface area contributed by atoms with Crippen LogP contribution in [0.3, 0.4) is 0 Å². The summed E-state index contributed by atoms with van der Waals surface area (Å²) in [4.78, 5) is 14.0. The van der Waals surface area contributed by atoms with Gasteiger partial charge in [0.1, 0.15) is 5.75 Å². The molecule has 1 aliphatic rings. The summed E-state index contributed by atoms with van der Waals surface area (Å²) in [5.41, 5.74) is 9.02. The Bertz CT molecular complexity index is 1360. The van der Waals surface area contributed by atoms with E-state index >= 15 is 0 Å². The van der Waals surface area contributed by atoms with Crippen LogP contribution in [-0.4, -0.2) is 47.2 Å². The number of aromatic hydroxyl groups is 1. The van der Waals surface area contributed by atoms with Gasteiger partial charge in [0.2, 0.25) is 0 Å². The summed E-state index contributed by atoms with van der Waals surface area (Å²) in [5.74, 6) is -0.869. The molecule has 38 heavy (non-hydrogen) atoms. The largest absolute Gasteiger partial charge is 0.507 e. The number of carbonyl (C=O) groups is 1. The van der Waals surface area contributed by atoms with Crippen molar-refractivity contribution in [1.82, 2.24) is 0 Å². The van der Waals surface area contributed by atoms with Crippen LogP contribution in [0.1, 0.15) is 43.0 Å². The van der Waals surface area contributed by atoms with Gasteiger partial charge in [-0.2, -0.15) is 0 Å². The van der Waals surface area contributed by atoms with Gasteiger partial charge in [-0.15, -0.1) is 0 Å². The molecule has 0 amide bonds. The standard InChI is InChI=1S/C26H27ClN2O3S.C4H10O/c1-14-21(12-23(31)32)24(20-8-6-17(27)11-22(20)30)15(2)25-19-9-7-18(28(3)4)10-16(19)13-29(33-5)26(14)25;1-4(2,3)5/h6-11,30H,12-13H2,1-5H3,(H,31,32);5H,1-3H3. The van der Waals surface area contributed by atoms with Crippen molar-refractivity contribution in [2.24, 2.45) is 0 Å². The Kier molecular flexibility index (Phi) is 8.97. The van der Waals surface area contributed by atoms with Crippen LogP contribution < -0.4 is 9.21 Å². The number of hydrogen-bond acceptors (Lipinski definition) is 6. The first-order valence-corrected chi connectivity index (χ1v) is 13.9. The summed E-state index contributed by atoms with van der Waals surface area (Å²) < 4.78 is 2.23. The maximum absolute atomic E-state index is 11.9. The number of phenolic OH excluding ortho intramolecular Hbond substituents is 1. The minimum atomic E-state index is -0.908. The molecular formula is C30H37ClN2O4S. The number of benzene rings is 3. The number of anilines is 2. The highest BCUT2D eigenvalue weighted by atomic mass is 35.5. The summed E-state index contributed by atoms with van der Waals surface area (Å²) in [6, 6.07) is 11.5. The number of rotatable bonds is 5. The van der Waals surface area contributed by atoms with E-state index in [4.69, 9.17) is 16.7 Å². The van der Waals surface area contributed by atoms with E-state index < -0.39 is 11.6 Å². The van der Waals surface area contributed by atoms with Crippen molar-refractivity contribution in [1.29, 1.82) is 0 Å². The summed E-state index contributed by atoms with van der Waals surface area (Å²) in [7, 11) is 4.06. The van der Waals surface area contributed by atoms with E-state index in [0.717, 1.165) is 45.7 Å². The number of phenols is 1. The average molecular weight is 557 g/mol. The van der Waals surface area contributed by atoms with Crippen LogP contribution in [0.2, 0.25) is 5.02 Å². The lowest BCUT2D eigenvalue weighted by Crippen LogP contribution is -2.23. The van der Waals surface area contributed by atoms with Gasteiger partial charge >= 0.3 is 5.97 Å². The molecule has 0 spiro atoms. The third kappa shape index (κ3) is 6.40. The predicted octanol–water partition coefficient (Wildman–Crippen LogP) is 7.06. The first kappa shape index (κ1) is 29.7. The van der Waals surface area contributed by atoms with Gasteiger partial charge in [-0.25, -0.2) is 0 Å². The molecule has 0 fully saturated rings. The van der Waals surface area contributed by atoms with Crippen molar-refractivity contribution in [2.75, 3.05) is 29.6 Å². The van der Waals surface area contributed by atoms with Crippen molar-refractivity contribution in [3.05, 3.63) is 63.7 Å². The number of halogens is 1. The molecule has 204 valence electrons. The van der Waals surface area contributed by atoms with Gasteiger partial charge in [0.15, 0.2) is 0 Å². The van der Waals surface area contributed by atoms with Gasteiger partial charge in [-0.1, -0.05) is 29.6 Å². The minimum Gasteiger partial charge on any atom is -0.507 e. The molecule has 6 nitrogen and oxygen atoms in total. The highest BCUT2D eigenvalue weighted by Gasteiger charge is 2.31. The molecule has 8 heteroatoms. The number of aliphatic hydroxyl groups is 1. The van der Waals surface area contributed by atoms with E-state index in [0.29, 0.717) is 16.1 Å². The summed E-state index contributed by atoms with van der Waals surface area (Å²) >= 11 is 7.72. The molecule has 0 atom stereocenters. The molecule has 0 radical (unpaired) electrons. The highest BCUT2D eigenvalue weighted by Crippen LogP contribution is 2.51. The van der Waals surface area contributed by atoms with Crippen molar-refractivity contribution in [3.63, 3.8) is 0 Å². The second kappa shape index (κ2) is 11.5. The monoisotopic (exact) mass is 556 g/mol. The Morgan fingerprint density at radius 3 is 2.18 bits per heavy atom. The fraction of sp³-hybridized carbons (Fsp3) is 0.367. The van der Waals surface area contributed by atoms with Gasteiger partial charge in [0.25, 0.3) is 0 Å². The third-order valence-corrected chi connectivity index (χ3v) is 7.30. The molecule has 3 N–H and O–H groups in total. The second-order valence-electron chi connectivity index (χ2n) is 10.7. The molecule has 0 bridgehead atoms. The highest BCUT2D eigenvalue weighted by molar-refractivity contribution is 7.99. The topological polar surface area (TPSA) is 84.2 Å². The number of carboxylic acids is 1. The Hall–Kier alpha value is -2.87. The van der Waals surface area contributed by atoms with Gasteiger partial charge < -0.3 is 24.5 Å². The van der Waals surface area contributed by atoms with Crippen LogP contribution >= 0.6 is 23.5 Å². The Labute approximate surface area is 235 Å². The first-order chi connectivity index (χ1) is 17.6. The SMILES string of the molecule is CC(C)(C)O.CSN1Cc2cc(N(C)C)ccc2-c2c(C)c(-c3ccc(Cl)cc3O)c(CC(=O)O)c(C)c21. The van der Waals surface area contributed by atoms with Crippen LogP contribution in [0.15, 0.2) is 36.4 Å². The van der Waals surface area contributed by atoms with Crippen molar-refractivity contribution < 1.29 is 20.1 Å². The van der Waals surface area contributed by atoms with Crippen LogP contribution in [0.5, 0.6) is 5.75 Å². The van der Waals surface area contributed by atoms with E-state index in [2.05, 4.69) is 27.4 Å². The fourth-order valence-corrected chi connectivity index (χ4v) is 5.61. The molecule has 4 rings (SSSR count). The number of fused-ring (bicyclic) bond motifs is 3. The summed E-state index contributed by atoms with van der Waals surface area (Å²) in [5, 5.41) is 29.4. The van der Waals surface area contributed by atoms with Crippen LogP contribution in [0.4, 0.5) is 11.4 Å². The van der Waals surface area contributed by atoms with Gasteiger partial charge in [-0.05, 0) is 98.3 Å². The number of carboxylic acid groups (broad SMARTS) is 1. The smallest absolute Gasteiger partial charge is 0.307 e. The minimum absolute atomic E-state index is 0.0392. The Morgan fingerprint density at radius 1 is 1.05 bits per heavy atom. The van der Waals surface area contributed by atoms with Crippen molar-refractivity contribution in [2.45, 2.75) is 53.2 Å². The fourth-order valence-electron chi connectivity index (χ4n) is 4.76. The van der Waals surface area contributed by atoms with Gasteiger partial charge in [-0.3, -0.25) is 4.79 Å². The van der Waals surface area contributed by atoms with E-state index in [1.165, 1.54) is 11.6 Å². The molecule has 0 aliphatic carbocycles. The lowest BCUT2D eigenvalue weighted by atomic mass is 9.80. The number of hydrogen-bond donors (Lipinski definition) is 3. The van der Waals surface area contributed by atoms with Gasteiger partial charge in [0, 0.05) is 42.2 Å². The Balaban J connectivity index is 0.000000732. The molecule has 3 aromatic carbocycles. The van der Waals surface area contributed by atoms with E-state index in [1.807, 2.05) is 34.2 Å². The zero-order valence-corrected chi connectivity index (χ0v) is 24.9. The zero-order valence-electron chi connectivity index (χ0n) is 23.3. The second-order valence-corrected chi connectivity index (χ2v) is 11.9. The molecule has 0 saturated carbocycles. The van der Waals surface area contributed by atoms with E-state index in [1.54, 1.807) is 44.9 Å². The quantitative estimate of drug-likeness (QED) is 0.290. The molecule has 1 aliphatic heterocycles.